The van der Waals surface area contributed by atoms with Gasteiger partial charge in [-0.25, -0.2) is 8.42 Å². The van der Waals surface area contributed by atoms with Crippen molar-refractivity contribution in [2.45, 2.75) is 22.8 Å². The predicted octanol–water partition coefficient (Wildman–Crippen LogP) is 3.39. The lowest BCUT2D eigenvalue weighted by atomic mass is 10.2. The highest BCUT2D eigenvalue weighted by Gasteiger charge is 2.23. The maximum Gasteiger partial charge on any atom is 0.243 e. The third kappa shape index (κ3) is 4.11. The number of sulfonamides is 1. The number of fused-ring (bicyclic) bond motifs is 1. The molecule has 3 rings (SSSR count). The van der Waals surface area contributed by atoms with E-state index in [-0.39, 0.29) is 4.90 Å². The van der Waals surface area contributed by atoms with E-state index in [1.165, 1.54) is 4.31 Å². The van der Waals surface area contributed by atoms with E-state index < -0.39 is 10.0 Å². The Kier molecular flexibility index (Phi) is 5.56. The monoisotopic (exact) mass is 379 g/mol. The molecule has 25 heavy (non-hydrogen) atoms. The Hall–Kier alpha value is -1.70. The van der Waals surface area contributed by atoms with Crippen LogP contribution in [-0.4, -0.2) is 39.2 Å². The third-order valence-corrected chi connectivity index (χ3v) is 6.53. The van der Waals surface area contributed by atoms with Gasteiger partial charge in [0.1, 0.15) is 0 Å². The molecular weight excluding hydrogens is 358 g/mol. The molecule has 7 heteroatoms. The van der Waals surface area contributed by atoms with Gasteiger partial charge in [0.05, 0.1) is 18.1 Å². The summed E-state index contributed by atoms with van der Waals surface area (Å²) in [6.45, 7) is 1.41. The maximum absolute atomic E-state index is 12.9. The Bertz CT molecular complexity index is 835. The number of ether oxygens (including phenoxy) is 2. The Morgan fingerprint density at radius 1 is 1.04 bits per heavy atom. The minimum absolute atomic E-state index is 0.208. The maximum atomic E-state index is 12.9. The normalized spacial score (nSPS) is 14.4. The van der Waals surface area contributed by atoms with Crippen LogP contribution in [0.4, 0.5) is 0 Å². The van der Waals surface area contributed by atoms with Gasteiger partial charge in [0, 0.05) is 31.0 Å². The standard InChI is InChI=1S/C18H21NO4S2/c1-19(13-14-4-6-15(24-2)7-5-14)25(20,21)16-8-9-17-18(12-16)23-11-3-10-22-17/h4-9,12H,3,10-11,13H2,1-2H3. The highest BCUT2D eigenvalue weighted by atomic mass is 32.2. The van der Waals surface area contributed by atoms with Crippen molar-refractivity contribution in [2.75, 3.05) is 26.5 Å². The first-order valence-corrected chi connectivity index (χ1v) is 10.7. The molecule has 0 atom stereocenters. The van der Waals surface area contributed by atoms with E-state index in [0.29, 0.717) is 31.3 Å². The molecule has 0 aliphatic carbocycles. The summed E-state index contributed by atoms with van der Waals surface area (Å²) in [4.78, 5) is 1.36. The summed E-state index contributed by atoms with van der Waals surface area (Å²) in [6, 6.07) is 12.7. The van der Waals surface area contributed by atoms with Crippen molar-refractivity contribution in [1.29, 1.82) is 0 Å². The van der Waals surface area contributed by atoms with Crippen molar-refractivity contribution in [3.05, 3.63) is 48.0 Å². The molecule has 2 aromatic rings. The molecule has 1 heterocycles. The van der Waals surface area contributed by atoms with Crippen LogP contribution >= 0.6 is 11.8 Å². The molecule has 2 aromatic carbocycles. The van der Waals surface area contributed by atoms with Gasteiger partial charge in [0.2, 0.25) is 10.0 Å². The number of benzene rings is 2. The van der Waals surface area contributed by atoms with Crippen molar-refractivity contribution in [1.82, 2.24) is 4.31 Å². The topological polar surface area (TPSA) is 55.8 Å². The highest BCUT2D eigenvalue weighted by molar-refractivity contribution is 7.98. The van der Waals surface area contributed by atoms with Crippen LogP contribution in [0.1, 0.15) is 12.0 Å². The van der Waals surface area contributed by atoms with E-state index in [2.05, 4.69) is 0 Å². The average molecular weight is 380 g/mol. The largest absolute Gasteiger partial charge is 0.490 e. The summed E-state index contributed by atoms with van der Waals surface area (Å²) in [5.41, 5.74) is 0.943. The lowest BCUT2D eigenvalue weighted by Crippen LogP contribution is -2.26. The lowest BCUT2D eigenvalue weighted by Gasteiger charge is -2.18. The number of hydrogen-bond donors (Lipinski definition) is 0. The minimum atomic E-state index is -3.61. The Balaban J connectivity index is 1.81. The SMILES string of the molecule is CSc1ccc(CN(C)S(=O)(=O)c2ccc3c(c2)OCCCO3)cc1. The Morgan fingerprint density at radius 3 is 2.40 bits per heavy atom. The first-order valence-electron chi connectivity index (χ1n) is 7.99. The van der Waals surface area contributed by atoms with Crippen LogP contribution in [0.5, 0.6) is 11.5 Å². The fraction of sp³-hybridized carbons (Fsp3) is 0.333. The molecule has 0 fully saturated rings. The Labute approximate surface area is 153 Å². The number of hydrogen-bond acceptors (Lipinski definition) is 5. The second kappa shape index (κ2) is 7.68. The van der Waals surface area contributed by atoms with E-state index >= 15 is 0 Å². The summed E-state index contributed by atoms with van der Waals surface area (Å²) < 4.78 is 38.2. The molecule has 0 bridgehead atoms. The molecule has 0 saturated carbocycles. The van der Waals surface area contributed by atoms with Gasteiger partial charge < -0.3 is 9.47 Å². The van der Waals surface area contributed by atoms with Crippen molar-refractivity contribution in [2.24, 2.45) is 0 Å². The van der Waals surface area contributed by atoms with Crippen LogP contribution in [0.25, 0.3) is 0 Å². The molecule has 0 amide bonds. The van der Waals surface area contributed by atoms with E-state index in [1.54, 1.807) is 37.0 Å². The molecule has 0 N–H and O–H groups in total. The summed E-state index contributed by atoms with van der Waals surface area (Å²) in [6.07, 6.45) is 2.79. The summed E-state index contributed by atoms with van der Waals surface area (Å²) in [7, 11) is -2.02. The lowest BCUT2D eigenvalue weighted by molar-refractivity contribution is 0.297. The van der Waals surface area contributed by atoms with E-state index in [9.17, 15) is 8.42 Å². The van der Waals surface area contributed by atoms with E-state index in [0.717, 1.165) is 16.9 Å². The molecule has 1 aliphatic heterocycles. The molecule has 0 spiro atoms. The van der Waals surface area contributed by atoms with E-state index in [4.69, 9.17) is 9.47 Å². The van der Waals surface area contributed by atoms with Crippen molar-refractivity contribution in [3.63, 3.8) is 0 Å². The molecular formula is C18H21NO4S2. The predicted molar refractivity (Wildman–Crippen MR) is 98.9 cm³/mol. The molecule has 0 saturated heterocycles. The van der Waals surface area contributed by atoms with Crippen LogP contribution in [0.15, 0.2) is 52.3 Å². The van der Waals surface area contributed by atoms with Gasteiger partial charge in [-0.05, 0) is 36.1 Å². The van der Waals surface area contributed by atoms with Crippen molar-refractivity contribution < 1.29 is 17.9 Å². The second-order valence-electron chi connectivity index (χ2n) is 5.77. The Morgan fingerprint density at radius 2 is 1.72 bits per heavy atom. The summed E-state index contributed by atoms with van der Waals surface area (Å²) >= 11 is 1.66. The van der Waals surface area contributed by atoms with Crippen LogP contribution in [-0.2, 0) is 16.6 Å². The smallest absolute Gasteiger partial charge is 0.243 e. The van der Waals surface area contributed by atoms with Gasteiger partial charge in [0.25, 0.3) is 0 Å². The number of nitrogens with zero attached hydrogens (tertiary/aromatic N) is 1. The first kappa shape index (κ1) is 18.1. The summed E-state index contributed by atoms with van der Waals surface area (Å²) in [5.74, 6) is 1.07. The molecule has 0 radical (unpaired) electrons. The van der Waals surface area contributed by atoms with Crippen molar-refractivity contribution >= 4 is 21.8 Å². The fourth-order valence-electron chi connectivity index (χ4n) is 2.56. The van der Waals surface area contributed by atoms with Crippen molar-refractivity contribution in [3.8, 4) is 11.5 Å². The van der Waals surface area contributed by atoms with Gasteiger partial charge in [-0.3, -0.25) is 0 Å². The van der Waals surface area contributed by atoms with Gasteiger partial charge in [-0.15, -0.1) is 11.8 Å². The molecule has 1 aliphatic rings. The fourth-order valence-corrected chi connectivity index (χ4v) is 4.14. The van der Waals surface area contributed by atoms with Crippen LogP contribution in [0.2, 0.25) is 0 Å². The first-order chi connectivity index (χ1) is 12.0. The quantitative estimate of drug-likeness (QED) is 0.746. The number of thioether (sulfide) groups is 1. The summed E-state index contributed by atoms with van der Waals surface area (Å²) in [5, 5.41) is 0. The second-order valence-corrected chi connectivity index (χ2v) is 8.69. The molecule has 0 unspecified atom stereocenters. The van der Waals surface area contributed by atoms with Gasteiger partial charge in [-0.2, -0.15) is 4.31 Å². The van der Waals surface area contributed by atoms with Gasteiger partial charge >= 0.3 is 0 Å². The zero-order valence-electron chi connectivity index (χ0n) is 14.3. The van der Waals surface area contributed by atoms with Crippen LogP contribution < -0.4 is 9.47 Å². The zero-order valence-corrected chi connectivity index (χ0v) is 15.9. The van der Waals surface area contributed by atoms with Gasteiger partial charge in [-0.1, -0.05) is 12.1 Å². The third-order valence-electron chi connectivity index (χ3n) is 3.99. The minimum Gasteiger partial charge on any atom is -0.490 e. The van der Waals surface area contributed by atoms with Crippen LogP contribution in [0, 0.1) is 0 Å². The zero-order chi connectivity index (χ0) is 17.9. The van der Waals surface area contributed by atoms with Crippen LogP contribution in [0.3, 0.4) is 0 Å². The molecule has 5 nitrogen and oxygen atoms in total. The highest BCUT2D eigenvalue weighted by Crippen LogP contribution is 2.33. The molecule has 134 valence electrons. The van der Waals surface area contributed by atoms with Gasteiger partial charge in [0.15, 0.2) is 11.5 Å². The molecule has 0 aromatic heterocycles. The average Bonchev–Trinajstić information content (AvgIpc) is 2.87. The van der Waals surface area contributed by atoms with E-state index in [1.807, 2.05) is 30.5 Å². The number of rotatable bonds is 5.